The van der Waals surface area contributed by atoms with Gasteiger partial charge >= 0.3 is 0 Å². The van der Waals surface area contributed by atoms with Crippen LogP contribution in [-0.4, -0.2) is 20.7 Å². The van der Waals surface area contributed by atoms with E-state index in [1.807, 2.05) is 55.9 Å². The van der Waals surface area contributed by atoms with Crippen LogP contribution < -0.4 is 5.32 Å². The van der Waals surface area contributed by atoms with E-state index in [0.717, 1.165) is 10.8 Å². The van der Waals surface area contributed by atoms with E-state index in [4.69, 9.17) is 0 Å². The van der Waals surface area contributed by atoms with E-state index in [1.165, 1.54) is 17.3 Å². The summed E-state index contributed by atoms with van der Waals surface area (Å²) in [5, 5.41) is 3.55. The van der Waals surface area contributed by atoms with Crippen molar-refractivity contribution in [2.45, 2.75) is 24.3 Å². The van der Waals surface area contributed by atoms with Gasteiger partial charge in [-0.25, -0.2) is 4.98 Å². The Bertz CT molecular complexity index is 562. The van der Waals surface area contributed by atoms with Crippen molar-refractivity contribution in [2.24, 2.45) is 7.05 Å². The van der Waals surface area contributed by atoms with E-state index in [1.54, 1.807) is 6.20 Å². The molecule has 1 N–H and O–H groups in total. The molecule has 1 atom stereocenters. The predicted octanol–water partition coefficient (Wildman–Crippen LogP) is 2.85. The highest BCUT2D eigenvalue weighted by Crippen LogP contribution is 2.22. The fourth-order valence-electron chi connectivity index (χ4n) is 1.56. The molecule has 0 spiro atoms. The van der Waals surface area contributed by atoms with Gasteiger partial charge in [0, 0.05) is 25.1 Å². The van der Waals surface area contributed by atoms with Crippen LogP contribution in [0.25, 0.3) is 0 Å². The number of nitrogens with zero attached hydrogens (tertiary/aromatic N) is 2. The number of aryl methyl sites for hydroxylation is 2. The van der Waals surface area contributed by atoms with Crippen LogP contribution >= 0.6 is 11.8 Å². The number of rotatable bonds is 4. The predicted molar refractivity (Wildman–Crippen MR) is 78.3 cm³/mol. The summed E-state index contributed by atoms with van der Waals surface area (Å²) in [5.41, 5.74) is 2.00. The molecule has 0 fully saturated rings. The number of hydrogen-bond donors (Lipinski definition) is 1. The quantitative estimate of drug-likeness (QED) is 0.873. The summed E-state index contributed by atoms with van der Waals surface area (Å²) >= 11 is 1.45. The number of hydrogen-bond acceptors (Lipinski definition) is 3. The third-order valence-electron chi connectivity index (χ3n) is 2.75. The topological polar surface area (TPSA) is 46.9 Å². The van der Waals surface area contributed by atoms with E-state index in [2.05, 4.69) is 10.3 Å². The number of nitrogens with one attached hydrogen (secondary N) is 1. The van der Waals surface area contributed by atoms with Crippen LogP contribution in [0.3, 0.4) is 0 Å². The third-order valence-corrected chi connectivity index (χ3v) is 3.92. The average Bonchev–Trinajstić information content (AvgIpc) is 2.78. The van der Waals surface area contributed by atoms with Crippen LogP contribution in [-0.2, 0) is 11.8 Å². The summed E-state index contributed by atoms with van der Waals surface area (Å²) in [6, 6.07) is 7.77. The number of benzene rings is 1. The second-order valence-electron chi connectivity index (χ2n) is 4.44. The second-order valence-corrected chi connectivity index (χ2v) is 5.74. The van der Waals surface area contributed by atoms with E-state index in [9.17, 15) is 4.79 Å². The highest BCUT2D eigenvalue weighted by molar-refractivity contribution is 8.00. The van der Waals surface area contributed by atoms with E-state index >= 15 is 0 Å². The maximum absolute atomic E-state index is 12.1. The number of imidazole rings is 1. The summed E-state index contributed by atoms with van der Waals surface area (Å²) in [5.74, 6) is -0.0168. The molecule has 0 aliphatic heterocycles. The Balaban J connectivity index is 1.96. The van der Waals surface area contributed by atoms with Crippen molar-refractivity contribution < 1.29 is 4.79 Å². The van der Waals surface area contributed by atoms with Crippen LogP contribution in [0.5, 0.6) is 0 Å². The van der Waals surface area contributed by atoms with Crippen molar-refractivity contribution in [1.29, 1.82) is 0 Å². The normalized spacial score (nSPS) is 12.2. The molecule has 0 bridgehead atoms. The first-order valence-electron chi connectivity index (χ1n) is 6.08. The Labute approximate surface area is 117 Å². The van der Waals surface area contributed by atoms with Gasteiger partial charge in [-0.05, 0) is 26.0 Å². The first-order valence-corrected chi connectivity index (χ1v) is 6.96. The molecule has 19 heavy (non-hydrogen) atoms. The minimum absolute atomic E-state index is 0.0168. The average molecular weight is 275 g/mol. The van der Waals surface area contributed by atoms with Gasteiger partial charge in [0.2, 0.25) is 5.91 Å². The van der Waals surface area contributed by atoms with Gasteiger partial charge in [-0.2, -0.15) is 0 Å². The monoisotopic (exact) mass is 275 g/mol. The lowest BCUT2D eigenvalue weighted by Gasteiger charge is -2.11. The minimum Gasteiger partial charge on any atom is -0.329 e. The molecular formula is C14H17N3OS. The summed E-state index contributed by atoms with van der Waals surface area (Å²) in [7, 11) is 1.92. The maximum atomic E-state index is 12.1. The zero-order valence-corrected chi connectivity index (χ0v) is 12.1. The zero-order chi connectivity index (χ0) is 13.8. The molecule has 1 heterocycles. The highest BCUT2D eigenvalue weighted by atomic mass is 32.2. The minimum atomic E-state index is -0.192. The molecule has 2 aromatic rings. The summed E-state index contributed by atoms with van der Waals surface area (Å²) in [6.45, 7) is 3.90. The molecule has 5 heteroatoms. The third kappa shape index (κ3) is 3.61. The highest BCUT2D eigenvalue weighted by Gasteiger charge is 2.16. The number of carbonyl (C=O) groups is 1. The van der Waals surface area contributed by atoms with Crippen LogP contribution in [0.2, 0.25) is 0 Å². The fourth-order valence-corrected chi connectivity index (χ4v) is 2.39. The summed E-state index contributed by atoms with van der Waals surface area (Å²) in [4.78, 5) is 16.3. The molecule has 4 nitrogen and oxygen atoms in total. The van der Waals surface area contributed by atoms with Gasteiger partial charge in [-0.3, -0.25) is 4.79 Å². The van der Waals surface area contributed by atoms with Gasteiger partial charge < -0.3 is 9.88 Å². The fraction of sp³-hybridized carbons (Fsp3) is 0.286. The SMILES string of the molecule is Cc1ccc(NC(=O)C(C)Sc2nccn2C)cc1. The van der Waals surface area contributed by atoms with E-state index in [0.29, 0.717) is 0 Å². The van der Waals surface area contributed by atoms with Crippen LogP contribution in [0, 0.1) is 6.92 Å². The lowest BCUT2D eigenvalue weighted by atomic mass is 10.2. The summed E-state index contributed by atoms with van der Waals surface area (Å²) in [6.07, 6.45) is 3.60. The summed E-state index contributed by atoms with van der Waals surface area (Å²) < 4.78 is 1.90. The van der Waals surface area contributed by atoms with Crippen molar-refractivity contribution >= 4 is 23.4 Å². The maximum Gasteiger partial charge on any atom is 0.237 e. The van der Waals surface area contributed by atoms with Gasteiger partial charge in [-0.15, -0.1) is 0 Å². The Morgan fingerprint density at radius 1 is 1.37 bits per heavy atom. The molecule has 0 radical (unpaired) electrons. The number of amides is 1. The molecule has 0 aliphatic carbocycles. The Hall–Kier alpha value is -1.75. The van der Waals surface area contributed by atoms with Crippen LogP contribution in [0.1, 0.15) is 12.5 Å². The van der Waals surface area contributed by atoms with Crippen molar-refractivity contribution in [1.82, 2.24) is 9.55 Å². The number of aromatic nitrogens is 2. The second kappa shape index (κ2) is 5.93. The number of thioether (sulfide) groups is 1. The first kappa shape index (κ1) is 13.7. The molecular weight excluding hydrogens is 258 g/mol. The van der Waals surface area contributed by atoms with Gasteiger partial charge in [0.25, 0.3) is 0 Å². The lowest BCUT2D eigenvalue weighted by Crippen LogP contribution is -2.22. The van der Waals surface area contributed by atoms with E-state index < -0.39 is 0 Å². The van der Waals surface area contributed by atoms with Gasteiger partial charge in [0.05, 0.1) is 5.25 Å². The largest absolute Gasteiger partial charge is 0.329 e. The molecule has 1 amide bonds. The van der Waals surface area contributed by atoms with Crippen molar-refractivity contribution in [2.75, 3.05) is 5.32 Å². The molecule has 0 saturated heterocycles. The van der Waals surface area contributed by atoms with Gasteiger partial charge in [-0.1, -0.05) is 29.5 Å². The standard InChI is InChI=1S/C14H17N3OS/c1-10-4-6-12(7-5-10)16-13(18)11(2)19-14-15-8-9-17(14)3/h4-9,11H,1-3H3,(H,16,18). The lowest BCUT2D eigenvalue weighted by molar-refractivity contribution is -0.115. The first-order chi connectivity index (χ1) is 9.06. The molecule has 1 unspecified atom stereocenters. The Morgan fingerprint density at radius 2 is 2.05 bits per heavy atom. The molecule has 100 valence electrons. The molecule has 0 saturated carbocycles. The smallest absolute Gasteiger partial charge is 0.237 e. The molecule has 2 rings (SSSR count). The Morgan fingerprint density at radius 3 is 2.63 bits per heavy atom. The molecule has 0 aliphatic rings. The zero-order valence-electron chi connectivity index (χ0n) is 11.3. The van der Waals surface area contributed by atoms with Crippen LogP contribution in [0.4, 0.5) is 5.69 Å². The van der Waals surface area contributed by atoms with Crippen LogP contribution in [0.15, 0.2) is 41.8 Å². The van der Waals surface area contributed by atoms with Crippen molar-refractivity contribution in [3.8, 4) is 0 Å². The van der Waals surface area contributed by atoms with Gasteiger partial charge in [0.15, 0.2) is 5.16 Å². The van der Waals surface area contributed by atoms with Crippen molar-refractivity contribution in [3.63, 3.8) is 0 Å². The number of carbonyl (C=O) groups excluding carboxylic acids is 1. The number of anilines is 1. The van der Waals surface area contributed by atoms with Crippen molar-refractivity contribution in [3.05, 3.63) is 42.2 Å². The molecule has 1 aromatic heterocycles. The Kier molecular flexibility index (Phi) is 4.27. The molecule has 1 aromatic carbocycles. The van der Waals surface area contributed by atoms with Gasteiger partial charge in [0.1, 0.15) is 0 Å². The van der Waals surface area contributed by atoms with E-state index in [-0.39, 0.29) is 11.2 Å².